The molecule has 0 bridgehead atoms. The fourth-order valence-corrected chi connectivity index (χ4v) is 0.484. The van der Waals surface area contributed by atoms with Crippen LogP contribution in [-0.2, 0) is 4.74 Å². The number of hydrogen-bond acceptors (Lipinski definition) is 2. The number of hydrogen-bond donors (Lipinski definition) is 1. The van der Waals surface area contributed by atoms with Crippen molar-refractivity contribution >= 4 is 6.09 Å². The van der Waals surface area contributed by atoms with Gasteiger partial charge >= 0.3 is 6.09 Å². The van der Waals surface area contributed by atoms with Gasteiger partial charge in [0.1, 0.15) is 5.76 Å². The fourth-order valence-electron chi connectivity index (χ4n) is 0.484. The second kappa shape index (κ2) is 1.86. The highest BCUT2D eigenvalue weighted by atomic mass is 16.5. The summed E-state index contributed by atoms with van der Waals surface area (Å²) in [6, 6.07) is 0. The Kier molecular flexibility index (Phi) is 1.20. The lowest BCUT2D eigenvalue weighted by Crippen LogP contribution is -2.14. The number of rotatable bonds is 1. The Morgan fingerprint density at radius 2 is 2.50 bits per heavy atom. The third-order valence-corrected chi connectivity index (χ3v) is 0.994. The van der Waals surface area contributed by atoms with Crippen molar-refractivity contribution in [3.8, 4) is 0 Å². The van der Waals surface area contributed by atoms with Crippen molar-refractivity contribution in [2.75, 3.05) is 0 Å². The van der Waals surface area contributed by atoms with Crippen LogP contribution in [0.25, 0.3) is 0 Å². The molecule has 1 amide bonds. The molecule has 8 heavy (non-hydrogen) atoms. The van der Waals surface area contributed by atoms with Gasteiger partial charge < -0.3 is 10.5 Å². The van der Waals surface area contributed by atoms with Gasteiger partial charge in [-0.2, -0.15) is 0 Å². The van der Waals surface area contributed by atoms with Gasteiger partial charge in [-0.25, -0.2) is 4.79 Å². The molecule has 3 heteroatoms. The Labute approximate surface area is 47.1 Å². The number of primary amides is 1. The molecule has 1 rings (SSSR count). The number of amides is 1. The molecule has 0 aliphatic heterocycles. The minimum atomic E-state index is -0.712. The molecule has 3 nitrogen and oxygen atoms in total. The summed E-state index contributed by atoms with van der Waals surface area (Å²) in [7, 11) is 0. The van der Waals surface area contributed by atoms with Crippen LogP contribution in [0.2, 0.25) is 0 Å². The molecule has 0 heterocycles. The summed E-state index contributed by atoms with van der Waals surface area (Å²) in [5.41, 5.74) is 4.70. The van der Waals surface area contributed by atoms with E-state index in [-0.39, 0.29) is 0 Å². The average Bonchev–Trinajstić information content (AvgIpc) is 1.55. The Bertz CT molecular complexity index is 139. The zero-order valence-electron chi connectivity index (χ0n) is 4.39. The van der Waals surface area contributed by atoms with Gasteiger partial charge in [0, 0.05) is 6.42 Å². The zero-order valence-corrected chi connectivity index (χ0v) is 4.39. The number of allylic oxidation sites excluding steroid dienone is 2. The number of ether oxygens (including phenoxy) is 1. The van der Waals surface area contributed by atoms with Crippen LogP contribution >= 0.6 is 0 Å². The number of carbonyl (C=O) groups is 1. The van der Waals surface area contributed by atoms with E-state index in [0.717, 1.165) is 12.8 Å². The summed E-state index contributed by atoms with van der Waals surface area (Å²) in [5, 5.41) is 0. The molecule has 1 aliphatic rings. The summed E-state index contributed by atoms with van der Waals surface area (Å²) in [6.45, 7) is 0. The van der Waals surface area contributed by atoms with Crippen molar-refractivity contribution in [2.45, 2.75) is 12.8 Å². The Hall–Kier alpha value is -0.990. The van der Waals surface area contributed by atoms with Crippen LogP contribution < -0.4 is 5.73 Å². The maximum atomic E-state index is 9.96. The first-order valence-electron chi connectivity index (χ1n) is 2.45. The van der Waals surface area contributed by atoms with Crippen molar-refractivity contribution in [3.05, 3.63) is 11.8 Å². The van der Waals surface area contributed by atoms with Gasteiger partial charge in [0.05, 0.1) is 0 Å². The smallest absolute Gasteiger partial charge is 0.409 e. The Morgan fingerprint density at radius 1 is 1.88 bits per heavy atom. The monoisotopic (exact) mass is 113 g/mol. The van der Waals surface area contributed by atoms with Crippen LogP contribution in [0, 0.1) is 0 Å². The van der Waals surface area contributed by atoms with Crippen molar-refractivity contribution in [3.63, 3.8) is 0 Å². The van der Waals surface area contributed by atoms with E-state index in [2.05, 4.69) is 4.74 Å². The van der Waals surface area contributed by atoms with E-state index < -0.39 is 6.09 Å². The highest BCUT2D eigenvalue weighted by molar-refractivity contribution is 5.66. The van der Waals surface area contributed by atoms with Crippen LogP contribution in [0.1, 0.15) is 12.8 Å². The zero-order chi connectivity index (χ0) is 5.98. The van der Waals surface area contributed by atoms with E-state index in [1.807, 2.05) is 6.08 Å². The first kappa shape index (κ1) is 5.15. The van der Waals surface area contributed by atoms with E-state index in [1.54, 1.807) is 0 Å². The molecule has 0 fully saturated rings. The van der Waals surface area contributed by atoms with Gasteiger partial charge in [0.15, 0.2) is 0 Å². The summed E-state index contributed by atoms with van der Waals surface area (Å²) in [6.07, 6.45) is 2.98. The number of nitrogens with two attached hydrogens (primary N) is 1. The molecular formula is C5H7NO2. The molecule has 0 unspecified atom stereocenters. The molecule has 0 saturated carbocycles. The van der Waals surface area contributed by atoms with Crippen LogP contribution in [0.3, 0.4) is 0 Å². The molecule has 2 N–H and O–H groups in total. The third kappa shape index (κ3) is 0.992. The average molecular weight is 113 g/mol. The van der Waals surface area contributed by atoms with E-state index in [0.29, 0.717) is 5.76 Å². The molecule has 0 spiro atoms. The molecule has 0 aromatic heterocycles. The van der Waals surface area contributed by atoms with Gasteiger partial charge in [-0.3, -0.25) is 0 Å². The normalized spacial score (nSPS) is 16.2. The van der Waals surface area contributed by atoms with Gasteiger partial charge in [0.2, 0.25) is 0 Å². The highest BCUT2D eigenvalue weighted by Crippen LogP contribution is 2.17. The van der Waals surface area contributed by atoms with Crippen LogP contribution in [-0.4, -0.2) is 6.09 Å². The molecule has 0 aromatic carbocycles. The van der Waals surface area contributed by atoms with Crippen LogP contribution in [0.4, 0.5) is 4.79 Å². The first-order valence-corrected chi connectivity index (χ1v) is 2.45. The van der Waals surface area contributed by atoms with Gasteiger partial charge in [0.25, 0.3) is 0 Å². The van der Waals surface area contributed by atoms with E-state index >= 15 is 0 Å². The molecule has 0 saturated heterocycles. The molecule has 1 aliphatic carbocycles. The van der Waals surface area contributed by atoms with Crippen LogP contribution in [0.5, 0.6) is 0 Å². The van der Waals surface area contributed by atoms with Gasteiger partial charge in [-0.15, -0.1) is 0 Å². The number of carbonyl (C=O) groups excluding carboxylic acids is 1. The third-order valence-electron chi connectivity index (χ3n) is 0.994. The summed E-state index contributed by atoms with van der Waals surface area (Å²) < 4.78 is 4.49. The lowest BCUT2D eigenvalue weighted by Gasteiger charge is -2.11. The summed E-state index contributed by atoms with van der Waals surface area (Å²) in [4.78, 5) is 9.96. The SMILES string of the molecule is NC(=O)OC1=CCC1. The van der Waals surface area contributed by atoms with E-state index in [9.17, 15) is 4.79 Å². The predicted octanol–water partition coefficient (Wildman–Crippen LogP) is 0.759. The topological polar surface area (TPSA) is 52.3 Å². The summed E-state index contributed by atoms with van der Waals surface area (Å²) >= 11 is 0. The molecule has 0 aromatic rings. The maximum absolute atomic E-state index is 9.96. The summed E-state index contributed by atoms with van der Waals surface area (Å²) in [5.74, 6) is 0.706. The van der Waals surface area contributed by atoms with Crippen molar-refractivity contribution in [2.24, 2.45) is 5.73 Å². The Balaban J connectivity index is 2.29. The standard InChI is InChI=1S/C5H7NO2/c6-5(7)8-4-2-1-3-4/h2H,1,3H2,(H2,6,7). The molecule has 44 valence electrons. The predicted molar refractivity (Wildman–Crippen MR) is 28.0 cm³/mol. The van der Waals surface area contributed by atoms with E-state index in [1.165, 1.54) is 0 Å². The van der Waals surface area contributed by atoms with Crippen LogP contribution in [0.15, 0.2) is 11.8 Å². The first-order chi connectivity index (χ1) is 3.79. The molecule has 0 atom stereocenters. The van der Waals surface area contributed by atoms with Gasteiger partial charge in [-0.1, -0.05) is 0 Å². The minimum Gasteiger partial charge on any atom is -0.415 e. The minimum absolute atomic E-state index is 0.706. The van der Waals surface area contributed by atoms with E-state index in [4.69, 9.17) is 5.73 Å². The van der Waals surface area contributed by atoms with Crippen molar-refractivity contribution < 1.29 is 9.53 Å². The maximum Gasteiger partial charge on any atom is 0.409 e. The quantitative estimate of drug-likeness (QED) is 0.545. The molecule has 0 radical (unpaired) electrons. The Morgan fingerprint density at radius 3 is 2.62 bits per heavy atom. The lowest BCUT2D eigenvalue weighted by atomic mass is 10.1. The van der Waals surface area contributed by atoms with Crippen molar-refractivity contribution in [1.29, 1.82) is 0 Å². The highest BCUT2D eigenvalue weighted by Gasteiger charge is 2.08. The van der Waals surface area contributed by atoms with Crippen molar-refractivity contribution in [1.82, 2.24) is 0 Å². The fraction of sp³-hybridized carbons (Fsp3) is 0.400. The van der Waals surface area contributed by atoms with Gasteiger partial charge in [-0.05, 0) is 12.5 Å². The molecular weight excluding hydrogens is 106 g/mol. The second-order valence-corrected chi connectivity index (χ2v) is 1.63. The second-order valence-electron chi connectivity index (χ2n) is 1.63. The largest absolute Gasteiger partial charge is 0.415 e. The lowest BCUT2D eigenvalue weighted by molar-refractivity contribution is 0.179.